The van der Waals surface area contributed by atoms with Gasteiger partial charge in [-0.2, -0.15) is 0 Å². The van der Waals surface area contributed by atoms with Gasteiger partial charge in [-0.25, -0.2) is 0 Å². The molecule has 0 atom stereocenters. The second-order valence-electron chi connectivity index (χ2n) is 6.68. The lowest BCUT2D eigenvalue weighted by Gasteiger charge is -2.32. The lowest BCUT2D eigenvalue weighted by molar-refractivity contribution is -0.104. The van der Waals surface area contributed by atoms with Gasteiger partial charge in [0.05, 0.1) is 4.48 Å². The van der Waals surface area contributed by atoms with E-state index in [4.69, 9.17) is 0 Å². The molecule has 0 heterocycles. The van der Waals surface area contributed by atoms with Crippen LogP contribution in [0.15, 0.2) is 57.2 Å². The van der Waals surface area contributed by atoms with Crippen molar-refractivity contribution in [2.24, 2.45) is 5.41 Å². The zero-order valence-electron chi connectivity index (χ0n) is 14.4. The monoisotopic (exact) mass is 362 g/mol. The molecule has 0 aromatic carbocycles. The highest BCUT2D eigenvalue weighted by Crippen LogP contribution is 2.40. The fourth-order valence-corrected chi connectivity index (χ4v) is 2.93. The van der Waals surface area contributed by atoms with E-state index in [0.29, 0.717) is 4.48 Å². The molecule has 1 nitrogen and oxygen atoms in total. The van der Waals surface area contributed by atoms with Crippen molar-refractivity contribution in [3.63, 3.8) is 0 Å². The molecule has 1 aliphatic carbocycles. The van der Waals surface area contributed by atoms with Gasteiger partial charge in [-0.05, 0) is 72.5 Å². The summed E-state index contributed by atoms with van der Waals surface area (Å²) in [4.78, 5) is 10.6. The Balaban J connectivity index is 2.84. The van der Waals surface area contributed by atoms with Gasteiger partial charge in [0.25, 0.3) is 0 Å². The third-order valence-corrected chi connectivity index (χ3v) is 5.05. The van der Waals surface area contributed by atoms with Gasteiger partial charge in [0.2, 0.25) is 0 Å². The predicted molar refractivity (Wildman–Crippen MR) is 100 cm³/mol. The largest absolute Gasteiger partial charge is 0.297 e. The van der Waals surface area contributed by atoms with Crippen molar-refractivity contribution < 1.29 is 4.79 Å². The number of hydrogen-bond acceptors (Lipinski definition) is 1. The fraction of sp³-hybridized carbons (Fsp3) is 0.450. The Hall–Kier alpha value is -1.15. The molecule has 0 saturated carbocycles. The molecule has 0 saturated heterocycles. The average molecular weight is 363 g/mol. The molecule has 1 rings (SSSR count). The molecular formula is C20H27BrO. The van der Waals surface area contributed by atoms with Crippen LogP contribution in [-0.2, 0) is 4.79 Å². The maximum atomic E-state index is 10.6. The Morgan fingerprint density at radius 1 is 1.23 bits per heavy atom. The molecule has 0 amide bonds. The molecule has 0 aromatic heterocycles. The highest BCUT2D eigenvalue weighted by molar-refractivity contribution is 9.12. The van der Waals surface area contributed by atoms with E-state index < -0.39 is 0 Å². The van der Waals surface area contributed by atoms with Crippen LogP contribution in [0.25, 0.3) is 0 Å². The molecule has 0 radical (unpaired) electrons. The number of halogens is 1. The smallest absolute Gasteiger partial charge is 0.157 e. The molecule has 0 unspecified atom stereocenters. The summed E-state index contributed by atoms with van der Waals surface area (Å²) < 4.78 is 0.593. The van der Waals surface area contributed by atoms with Crippen LogP contribution in [-0.4, -0.2) is 6.29 Å². The summed E-state index contributed by atoms with van der Waals surface area (Å²) in [6.45, 7) is 10.9. The summed E-state index contributed by atoms with van der Waals surface area (Å²) >= 11 is 3.23. The van der Waals surface area contributed by atoms with Crippen molar-refractivity contribution in [1.29, 1.82) is 0 Å². The summed E-state index contributed by atoms with van der Waals surface area (Å²) in [5.41, 5.74) is 5.41. The van der Waals surface area contributed by atoms with Crippen LogP contribution in [0.3, 0.4) is 0 Å². The Bertz CT molecular complexity index is 569. The number of hydrogen-bond donors (Lipinski definition) is 0. The Morgan fingerprint density at radius 3 is 2.50 bits per heavy atom. The van der Waals surface area contributed by atoms with Crippen molar-refractivity contribution in [2.75, 3.05) is 0 Å². The molecule has 2 heteroatoms. The number of allylic oxidation sites excluding steroid dienone is 10. The number of rotatable bonds is 5. The molecule has 0 fully saturated rings. The molecule has 0 aromatic rings. The zero-order valence-corrected chi connectivity index (χ0v) is 16.0. The molecular weight excluding hydrogens is 336 g/mol. The van der Waals surface area contributed by atoms with Crippen molar-refractivity contribution in [3.05, 3.63) is 57.2 Å². The first-order valence-electron chi connectivity index (χ1n) is 7.83. The Morgan fingerprint density at radius 2 is 1.91 bits per heavy atom. The molecule has 120 valence electrons. The lowest BCUT2D eigenvalue weighted by Crippen LogP contribution is -2.19. The third kappa shape index (κ3) is 5.57. The topological polar surface area (TPSA) is 17.1 Å². The van der Waals surface area contributed by atoms with Crippen LogP contribution in [0, 0.1) is 5.41 Å². The molecule has 22 heavy (non-hydrogen) atoms. The van der Waals surface area contributed by atoms with Gasteiger partial charge < -0.3 is 0 Å². The van der Waals surface area contributed by atoms with E-state index in [0.717, 1.165) is 11.9 Å². The maximum absolute atomic E-state index is 10.6. The highest BCUT2D eigenvalue weighted by Gasteiger charge is 2.26. The lowest BCUT2D eigenvalue weighted by atomic mass is 9.72. The van der Waals surface area contributed by atoms with Gasteiger partial charge in [0.1, 0.15) is 0 Å². The quantitative estimate of drug-likeness (QED) is 0.312. The van der Waals surface area contributed by atoms with Gasteiger partial charge in [-0.3, -0.25) is 4.79 Å². The first-order valence-corrected chi connectivity index (χ1v) is 8.62. The van der Waals surface area contributed by atoms with Crippen LogP contribution in [0.1, 0.15) is 53.9 Å². The first kappa shape index (κ1) is 18.9. The van der Waals surface area contributed by atoms with Crippen LogP contribution in [0.4, 0.5) is 0 Å². The maximum Gasteiger partial charge on any atom is 0.157 e. The van der Waals surface area contributed by atoms with E-state index >= 15 is 0 Å². The van der Waals surface area contributed by atoms with E-state index in [1.807, 2.05) is 19.1 Å². The Labute approximate surface area is 143 Å². The standard InChI is InChI=1S/C20H27BrO/c1-15(8-6-9-17(3)19(21)14-22)11-12-18-16(2)10-7-13-20(18,4)5/h6,8-9,11-12,14H,7,10,13H2,1-5H3/b9-6-,12-11+,15-8+,19-17-. The zero-order chi connectivity index (χ0) is 16.8. The minimum Gasteiger partial charge on any atom is -0.297 e. The third-order valence-electron chi connectivity index (χ3n) is 4.24. The summed E-state index contributed by atoms with van der Waals surface area (Å²) in [7, 11) is 0. The highest BCUT2D eigenvalue weighted by atomic mass is 79.9. The molecule has 0 spiro atoms. The summed E-state index contributed by atoms with van der Waals surface area (Å²) in [5, 5.41) is 0. The molecule has 0 N–H and O–H groups in total. The second-order valence-corrected chi connectivity index (χ2v) is 7.54. The minimum absolute atomic E-state index is 0.281. The van der Waals surface area contributed by atoms with Gasteiger partial charge in [0, 0.05) is 0 Å². The first-order chi connectivity index (χ1) is 10.3. The fourth-order valence-electron chi connectivity index (χ4n) is 2.80. The minimum atomic E-state index is 0.281. The average Bonchev–Trinajstić information content (AvgIpc) is 2.45. The Kier molecular flexibility index (Phi) is 7.28. The van der Waals surface area contributed by atoms with Crippen LogP contribution < -0.4 is 0 Å². The van der Waals surface area contributed by atoms with Crippen molar-refractivity contribution in [3.8, 4) is 0 Å². The van der Waals surface area contributed by atoms with E-state index in [-0.39, 0.29) is 5.41 Å². The van der Waals surface area contributed by atoms with Crippen LogP contribution in [0.2, 0.25) is 0 Å². The van der Waals surface area contributed by atoms with Crippen molar-refractivity contribution >= 4 is 22.2 Å². The van der Waals surface area contributed by atoms with Crippen LogP contribution >= 0.6 is 15.9 Å². The number of carbonyl (C=O) groups is 1. The summed E-state index contributed by atoms with van der Waals surface area (Å²) in [6, 6.07) is 0. The van der Waals surface area contributed by atoms with Crippen LogP contribution in [0.5, 0.6) is 0 Å². The normalized spacial score (nSPS) is 20.7. The van der Waals surface area contributed by atoms with E-state index in [2.05, 4.69) is 61.9 Å². The van der Waals surface area contributed by atoms with E-state index in [9.17, 15) is 4.79 Å². The van der Waals surface area contributed by atoms with Crippen molar-refractivity contribution in [2.45, 2.75) is 53.9 Å². The van der Waals surface area contributed by atoms with Crippen molar-refractivity contribution in [1.82, 2.24) is 0 Å². The van der Waals surface area contributed by atoms with E-state index in [1.54, 1.807) is 0 Å². The van der Waals surface area contributed by atoms with Gasteiger partial charge >= 0.3 is 0 Å². The number of carbonyl (C=O) groups excluding carboxylic acids is 1. The SMILES string of the molecule is CC1=C(/C=C/C(C)=C/C=C\C(C)=C(/Br)C=O)C(C)(C)CCC1. The predicted octanol–water partition coefficient (Wildman–Crippen LogP) is 6.44. The molecule has 1 aliphatic rings. The van der Waals surface area contributed by atoms with Gasteiger partial charge in [-0.15, -0.1) is 0 Å². The summed E-state index contributed by atoms with van der Waals surface area (Å²) in [6.07, 6.45) is 15.0. The molecule has 0 bridgehead atoms. The number of aldehydes is 1. The molecule has 0 aliphatic heterocycles. The van der Waals surface area contributed by atoms with E-state index in [1.165, 1.54) is 36.0 Å². The van der Waals surface area contributed by atoms with Gasteiger partial charge in [0.15, 0.2) is 6.29 Å². The van der Waals surface area contributed by atoms with Gasteiger partial charge in [-0.1, -0.05) is 55.4 Å². The summed E-state index contributed by atoms with van der Waals surface area (Å²) in [5.74, 6) is 0. The second kappa shape index (κ2) is 8.47.